The maximum atomic E-state index is 12.8. The van der Waals surface area contributed by atoms with Crippen molar-refractivity contribution in [2.24, 2.45) is 0 Å². The molecule has 1 aliphatic heterocycles. The van der Waals surface area contributed by atoms with E-state index >= 15 is 0 Å². The maximum Gasteiger partial charge on any atom is 0.244 e. The SMILES string of the molecule is CC(C)c1ccc(-c2nc(CSc3ccc(S(=O)(=O)N4CCN(C)CC4)cn3)cs2)cc1. The number of thiazole rings is 1. The lowest BCUT2D eigenvalue weighted by molar-refractivity contribution is 0.222. The highest BCUT2D eigenvalue weighted by Gasteiger charge is 2.27. The Labute approximate surface area is 198 Å². The molecule has 1 aliphatic rings. The number of aromatic nitrogens is 2. The van der Waals surface area contributed by atoms with Gasteiger partial charge < -0.3 is 4.90 Å². The molecule has 1 fully saturated rings. The summed E-state index contributed by atoms with van der Waals surface area (Å²) in [5.41, 5.74) is 3.45. The third kappa shape index (κ3) is 5.40. The van der Waals surface area contributed by atoms with E-state index in [2.05, 4.69) is 53.4 Å². The Morgan fingerprint density at radius 1 is 1.06 bits per heavy atom. The van der Waals surface area contributed by atoms with Gasteiger partial charge in [-0.05, 0) is 30.7 Å². The Kier molecular flexibility index (Phi) is 7.31. The average molecular weight is 489 g/mol. The number of hydrogen-bond donors (Lipinski definition) is 0. The molecule has 3 heterocycles. The fraction of sp³-hybridized carbons (Fsp3) is 0.391. The topological polar surface area (TPSA) is 66.4 Å². The van der Waals surface area contributed by atoms with E-state index in [4.69, 9.17) is 4.98 Å². The largest absolute Gasteiger partial charge is 0.304 e. The molecule has 0 bridgehead atoms. The fourth-order valence-corrected chi connectivity index (χ4v) is 6.48. The van der Waals surface area contributed by atoms with E-state index in [-0.39, 0.29) is 4.90 Å². The van der Waals surface area contributed by atoms with Gasteiger partial charge in [0.15, 0.2) is 0 Å². The van der Waals surface area contributed by atoms with E-state index in [1.54, 1.807) is 39.5 Å². The van der Waals surface area contributed by atoms with Crippen molar-refractivity contribution >= 4 is 33.1 Å². The first-order chi connectivity index (χ1) is 15.3. The van der Waals surface area contributed by atoms with E-state index in [1.165, 1.54) is 11.8 Å². The van der Waals surface area contributed by atoms with Gasteiger partial charge in [-0.15, -0.1) is 23.1 Å². The lowest BCUT2D eigenvalue weighted by atomic mass is 10.0. The molecule has 32 heavy (non-hydrogen) atoms. The Hall–Kier alpha value is -1.78. The van der Waals surface area contributed by atoms with E-state index in [0.717, 1.165) is 34.4 Å². The van der Waals surface area contributed by atoms with Crippen LogP contribution in [0.3, 0.4) is 0 Å². The molecule has 6 nitrogen and oxygen atoms in total. The average Bonchev–Trinajstić information content (AvgIpc) is 3.27. The molecule has 9 heteroatoms. The van der Waals surface area contributed by atoms with Crippen molar-refractivity contribution in [3.63, 3.8) is 0 Å². The van der Waals surface area contributed by atoms with Crippen LogP contribution in [0, 0.1) is 0 Å². The maximum absolute atomic E-state index is 12.8. The van der Waals surface area contributed by atoms with Crippen LogP contribution in [0.25, 0.3) is 10.6 Å². The van der Waals surface area contributed by atoms with Crippen molar-refractivity contribution in [2.75, 3.05) is 33.2 Å². The summed E-state index contributed by atoms with van der Waals surface area (Å²) in [4.78, 5) is 11.5. The molecule has 2 aromatic heterocycles. The number of sulfonamides is 1. The van der Waals surface area contributed by atoms with Crippen LogP contribution in [0.2, 0.25) is 0 Å². The predicted molar refractivity (Wildman–Crippen MR) is 132 cm³/mol. The Bertz CT molecular complexity index is 1130. The second-order valence-corrected chi connectivity index (χ2v) is 12.0. The monoisotopic (exact) mass is 488 g/mol. The molecule has 1 saturated heterocycles. The summed E-state index contributed by atoms with van der Waals surface area (Å²) in [5.74, 6) is 1.21. The number of thioether (sulfide) groups is 1. The van der Waals surface area contributed by atoms with Gasteiger partial charge in [0.25, 0.3) is 0 Å². The first-order valence-corrected chi connectivity index (χ1v) is 14.0. The Morgan fingerprint density at radius 2 is 1.78 bits per heavy atom. The molecule has 0 unspecified atom stereocenters. The van der Waals surface area contributed by atoms with Crippen molar-refractivity contribution in [3.05, 3.63) is 59.2 Å². The van der Waals surface area contributed by atoms with Crippen LogP contribution in [0.4, 0.5) is 0 Å². The first-order valence-electron chi connectivity index (χ1n) is 10.7. The smallest absolute Gasteiger partial charge is 0.244 e. The van der Waals surface area contributed by atoms with Crippen molar-refractivity contribution < 1.29 is 8.42 Å². The summed E-state index contributed by atoms with van der Waals surface area (Å²) in [6, 6.07) is 12.0. The van der Waals surface area contributed by atoms with E-state index in [0.29, 0.717) is 24.8 Å². The second-order valence-electron chi connectivity index (χ2n) is 8.25. The molecule has 0 radical (unpaired) electrons. The normalized spacial score (nSPS) is 16.0. The van der Waals surface area contributed by atoms with Crippen LogP contribution in [0.5, 0.6) is 0 Å². The number of piperazine rings is 1. The highest BCUT2D eigenvalue weighted by Crippen LogP contribution is 2.29. The summed E-state index contributed by atoms with van der Waals surface area (Å²) in [7, 11) is -1.48. The zero-order chi connectivity index (χ0) is 22.7. The summed E-state index contributed by atoms with van der Waals surface area (Å²) < 4.78 is 27.2. The second kappa shape index (κ2) is 10.0. The van der Waals surface area contributed by atoms with Crippen LogP contribution >= 0.6 is 23.1 Å². The quantitative estimate of drug-likeness (QED) is 0.454. The number of likely N-dealkylation sites (N-methyl/N-ethyl adjacent to an activating group) is 1. The van der Waals surface area contributed by atoms with Crippen molar-refractivity contribution in [1.82, 2.24) is 19.2 Å². The number of benzene rings is 1. The summed E-state index contributed by atoms with van der Waals surface area (Å²) >= 11 is 3.20. The molecule has 0 amide bonds. The number of nitrogens with zero attached hydrogens (tertiary/aromatic N) is 4. The van der Waals surface area contributed by atoms with Gasteiger partial charge in [0.2, 0.25) is 10.0 Å². The zero-order valence-electron chi connectivity index (χ0n) is 18.6. The lowest BCUT2D eigenvalue weighted by Crippen LogP contribution is -2.47. The number of pyridine rings is 1. The van der Waals surface area contributed by atoms with Crippen LogP contribution in [0.15, 0.2) is 57.9 Å². The minimum absolute atomic E-state index is 0.257. The van der Waals surface area contributed by atoms with Gasteiger partial charge >= 0.3 is 0 Å². The molecule has 170 valence electrons. The van der Waals surface area contributed by atoms with Crippen LogP contribution in [-0.4, -0.2) is 60.8 Å². The predicted octanol–water partition coefficient (Wildman–Crippen LogP) is 4.56. The Balaban J connectivity index is 1.36. The standard InChI is InChI=1S/C23H28N4O2S3/c1-17(2)18-4-6-19(7-5-18)23-25-20(16-31-23)15-30-22-9-8-21(14-24-22)32(28,29)27-12-10-26(3)11-13-27/h4-9,14,16-17H,10-13,15H2,1-3H3. The summed E-state index contributed by atoms with van der Waals surface area (Å²) in [6.07, 6.45) is 1.47. The highest BCUT2D eigenvalue weighted by molar-refractivity contribution is 7.98. The zero-order valence-corrected chi connectivity index (χ0v) is 21.0. The molecule has 0 spiro atoms. The molecule has 1 aromatic carbocycles. The molecule has 3 aromatic rings. The third-order valence-corrected chi connectivity index (χ3v) is 9.35. The summed E-state index contributed by atoms with van der Waals surface area (Å²) in [5, 5.41) is 3.88. The van der Waals surface area contributed by atoms with Gasteiger partial charge in [-0.3, -0.25) is 0 Å². The molecule has 0 aliphatic carbocycles. The van der Waals surface area contributed by atoms with Gasteiger partial charge in [0, 0.05) is 49.1 Å². The van der Waals surface area contributed by atoms with Crippen molar-refractivity contribution in [2.45, 2.75) is 35.4 Å². The Morgan fingerprint density at radius 3 is 2.41 bits per heavy atom. The van der Waals surface area contributed by atoms with Crippen LogP contribution < -0.4 is 0 Å². The summed E-state index contributed by atoms with van der Waals surface area (Å²) in [6.45, 7) is 6.91. The van der Waals surface area contributed by atoms with Gasteiger partial charge in [-0.25, -0.2) is 18.4 Å². The van der Waals surface area contributed by atoms with Gasteiger partial charge in [0.05, 0.1) is 10.7 Å². The minimum atomic E-state index is -3.48. The van der Waals surface area contributed by atoms with Gasteiger partial charge in [0.1, 0.15) is 9.90 Å². The molecule has 0 N–H and O–H groups in total. The van der Waals surface area contributed by atoms with Crippen molar-refractivity contribution in [1.29, 1.82) is 0 Å². The minimum Gasteiger partial charge on any atom is -0.304 e. The van der Waals surface area contributed by atoms with E-state index < -0.39 is 10.0 Å². The van der Waals surface area contributed by atoms with Gasteiger partial charge in [-0.2, -0.15) is 4.31 Å². The number of hydrogen-bond acceptors (Lipinski definition) is 7. The van der Waals surface area contributed by atoms with Crippen LogP contribution in [-0.2, 0) is 15.8 Å². The van der Waals surface area contributed by atoms with Crippen molar-refractivity contribution in [3.8, 4) is 10.6 Å². The molecule has 4 rings (SSSR count). The van der Waals surface area contributed by atoms with E-state index in [1.807, 2.05) is 7.05 Å². The molecular weight excluding hydrogens is 460 g/mol. The number of rotatable bonds is 7. The van der Waals surface area contributed by atoms with Crippen LogP contribution in [0.1, 0.15) is 31.0 Å². The lowest BCUT2D eigenvalue weighted by Gasteiger charge is -2.31. The molecular formula is C23H28N4O2S3. The fourth-order valence-electron chi connectivity index (χ4n) is 3.45. The van der Waals surface area contributed by atoms with Gasteiger partial charge in [-0.1, -0.05) is 38.1 Å². The molecule has 0 atom stereocenters. The first kappa shape index (κ1) is 23.4. The van der Waals surface area contributed by atoms with E-state index in [9.17, 15) is 8.42 Å². The highest BCUT2D eigenvalue weighted by atomic mass is 32.2. The third-order valence-electron chi connectivity index (χ3n) is 5.55. The molecule has 0 saturated carbocycles.